The molecule has 2 atom stereocenters. The molecular weight excluding hydrogens is 296 g/mol. The Balaban J connectivity index is 2.78. The Kier molecular flexibility index (Phi) is 7.32. The highest BCUT2D eigenvalue weighted by Crippen LogP contribution is 2.23. The molecule has 1 aliphatic heterocycles. The van der Waals surface area contributed by atoms with E-state index >= 15 is 0 Å². The van der Waals surface area contributed by atoms with Crippen LogP contribution in [0.25, 0.3) is 0 Å². The standard InChI is InChI=1S/C17H32N2O4/c1-7-22-15(20)10-14-9-8-13(18-12(2)3)11-19(14)16(21)23-17(4,5)6/h12-14,18H,7-11H2,1-6H3/t13-,14+/m1/s1. The van der Waals surface area contributed by atoms with Crippen molar-refractivity contribution < 1.29 is 19.1 Å². The smallest absolute Gasteiger partial charge is 0.410 e. The number of nitrogens with zero attached hydrogens (tertiary/aromatic N) is 1. The molecule has 1 rings (SSSR count). The highest BCUT2D eigenvalue weighted by atomic mass is 16.6. The van der Waals surface area contributed by atoms with E-state index in [1.165, 1.54) is 0 Å². The first-order valence-electron chi connectivity index (χ1n) is 8.53. The minimum atomic E-state index is -0.552. The van der Waals surface area contributed by atoms with Crippen LogP contribution in [0, 0.1) is 0 Å². The maximum absolute atomic E-state index is 12.5. The number of ether oxygens (including phenoxy) is 2. The van der Waals surface area contributed by atoms with E-state index in [-0.39, 0.29) is 30.6 Å². The summed E-state index contributed by atoms with van der Waals surface area (Å²) in [6.45, 7) is 12.4. The van der Waals surface area contributed by atoms with E-state index in [1.807, 2.05) is 20.8 Å². The van der Waals surface area contributed by atoms with Gasteiger partial charge in [-0.3, -0.25) is 4.79 Å². The number of nitrogens with one attached hydrogen (secondary N) is 1. The third-order valence-electron chi connectivity index (χ3n) is 3.61. The topological polar surface area (TPSA) is 67.9 Å². The van der Waals surface area contributed by atoms with Crippen LogP contribution in [0.2, 0.25) is 0 Å². The number of amides is 1. The van der Waals surface area contributed by atoms with Crippen LogP contribution in [0.1, 0.15) is 60.8 Å². The fourth-order valence-electron chi connectivity index (χ4n) is 2.80. The minimum Gasteiger partial charge on any atom is -0.466 e. The third-order valence-corrected chi connectivity index (χ3v) is 3.61. The molecule has 0 aromatic carbocycles. The minimum absolute atomic E-state index is 0.158. The van der Waals surface area contributed by atoms with Crippen molar-refractivity contribution >= 4 is 12.1 Å². The summed E-state index contributed by atoms with van der Waals surface area (Å²) in [6, 6.07) is 0.414. The average molecular weight is 328 g/mol. The Morgan fingerprint density at radius 2 is 1.91 bits per heavy atom. The summed E-state index contributed by atoms with van der Waals surface area (Å²) < 4.78 is 10.5. The molecule has 6 nitrogen and oxygen atoms in total. The molecular formula is C17H32N2O4. The van der Waals surface area contributed by atoms with Gasteiger partial charge in [-0.25, -0.2) is 4.79 Å². The van der Waals surface area contributed by atoms with Crippen molar-refractivity contribution in [3.63, 3.8) is 0 Å². The van der Waals surface area contributed by atoms with Gasteiger partial charge in [0, 0.05) is 24.7 Å². The second kappa shape index (κ2) is 8.52. The summed E-state index contributed by atoms with van der Waals surface area (Å²) in [5.41, 5.74) is -0.552. The molecule has 1 fully saturated rings. The first-order chi connectivity index (χ1) is 10.6. The van der Waals surface area contributed by atoms with Gasteiger partial charge in [0.1, 0.15) is 5.60 Å². The lowest BCUT2D eigenvalue weighted by molar-refractivity contribution is -0.144. The lowest BCUT2D eigenvalue weighted by atomic mass is 9.96. The lowest BCUT2D eigenvalue weighted by Crippen LogP contribution is -2.55. The zero-order valence-corrected chi connectivity index (χ0v) is 15.3. The zero-order chi connectivity index (χ0) is 17.6. The SMILES string of the molecule is CCOC(=O)C[C@@H]1CC[C@@H](NC(C)C)CN1C(=O)OC(C)(C)C. The normalized spacial score (nSPS) is 22.1. The predicted octanol–water partition coefficient (Wildman–Crippen LogP) is 2.71. The van der Waals surface area contributed by atoms with E-state index in [0.29, 0.717) is 19.2 Å². The van der Waals surface area contributed by atoms with E-state index in [4.69, 9.17) is 9.47 Å². The second-order valence-electron chi connectivity index (χ2n) is 7.39. The molecule has 0 aliphatic carbocycles. The van der Waals surface area contributed by atoms with Crippen LogP contribution in [-0.2, 0) is 14.3 Å². The monoisotopic (exact) mass is 328 g/mol. The van der Waals surface area contributed by atoms with Gasteiger partial charge in [0.25, 0.3) is 0 Å². The second-order valence-corrected chi connectivity index (χ2v) is 7.39. The number of piperidine rings is 1. The van der Waals surface area contributed by atoms with Crippen molar-refractivity contribution in [2.45, 2.75) is 84.5 Å². The fourth-order valence-corrected chi connectivity index (χ4v) is 2.80. The molecule has 134 valence electrons. The van der Waals surface area contributed by atoms with Gasteiger partial charge in [0.05, 0.1) is 13.0 Å². The summed E-state index contributed by atoms with van der Waals surface area (Å²) in [5.74, 6) is -0.263. The van der Waals surface area contributed by atoms with Crippen LogP contribution in [0.5, 0.6) is 0 Å². The quantitative estimate of drug-likeness (QED) is 0.786. The highest BCUT2D eigenvalue weighted by molar-refractivity contribution is 5.73. The molecule has 6 heteroatoms. The molecule has 1 heterocycles. The average Bonchev–Trinajstić information content (AvgIpc) is 2.38. The summed E-state index contributed by atoms with van der Waals surface area (Å²) >= 11 is 0. The van der Waals surface area contributed by atoms with Crippen molar-refractivity contribution in [3.8, 4) is 0 Å². The highest BCUT2D eigenvalue weighted by Gasteiger charge is 2.35. The van der Waals surface area contributed by atoms with Gasteiger partial charge in [-0.05, 0) is 40.5 Å². The van der Waals surface area contributed by atoms with Gasteiger partial charge in [0.2, 0.25) is 0 Å². The number of rotatable bonds is 5. The van der Waals surface area contributed by atoms with E-state index in [1.54, 1.807) is 11.8 Å². The summed E-state index contributed by atoms with van der Waals surface area (Å²) in [7, 11) is 0. The molecule has 0 unspecified atom stereocenters. The van der Waals surface area contributed by atoms with Crippen LogP contribution in [0.3, 0.4) is 0 Å². The van der Waals surface area contributed by atoms with Gasteiger partial charge < -0.3 is 19.7 Å². The van der Waals surface area contributed by atoms with Crippen LogP contribution in [-0.4, -0.2) is 53.8 Å². The lowest BCUT2D eigenvalue weighted by Gasteiger charge is -2.40. The largest absolute Gasteiger partial charge is 0.466 e. The Labute approximate surface area is 139 Å². The first-order valence-corrected chi connectivity index (χ1v) is 8.53. The number of likely N-dealkylation sites (tertiary alicyclic amines) is 1. The maximum Gasteiger partial charge on any atom is 0.410 e. The predicted molar refractivity (Wildman–Crippen MR) is 89.3 cm³/mol. The number of carbonyl (C=O) groups excluding carboxylic acids is 2. The summed E-state index contributed by atoms with van der Waals surface area (Å²) in [5, 5.41) is 3.46. The van der Waals surface area contributed by atoms with Gasteiger partial charge >= 0.3 is 12.1 Å². The van der Waals surface area contributed by atoms with E-state index < -0.39 is 5.60 Å². The molecule has 1 aliphatic rings. The van der Waals surface area contributed by atoms with Crippen molar-refractivity contribution in [2.75, 3.05) is 13.2 Å². The van der Waals surface area contributed by atoms with Crippen LogP contribution in [0.15, 0.2) is 0 Å². The molecule has 1 N–H and O–H groups in total. The number of hydrogen-bond acceptors (Lipinski definition) is 5. The Morgan fingerprint density at radius 1 is 1.26 bits per heavy atom. The maximum atomic E-state index is 12.5. The van der Waals surface area contributed by atoms with E-state index in [9.17, 15) is 9.59 Å². The molecule has 0 radical (unpaired) electrons. The van der Waals surface area contributed by atoms with Crippen LogP contribution in [0.4, 0.5) is 4.79 Å². The molecule has 0 aromatic heterocycles. The Morgan fingerprint density at radius 3 is 2.43 bits per heavy atom. The number of hydrogen-bond donors (Lipinski definition) is 1. The molecule has 0 spiro atoms. The van der Waals surface area contributed by atoms with Gasteiger partial charge in [-0.15, -0.1) is 0 Å². The van der Waals surface area contributed by atoms with Crippen LogP contribution < -0.4 is 5.32 Å². The van der Waals surface area contributed by atoms with Crippen molar-refractivity contribution in [1.82, 2.24) is 10.2 Å². The summed E-state index contributed by atoms with van der Waals surface area (Å²) in [4.78, 5) is 26.0. The molecule has 0 bridgehead atoms. The molecule has 0 saturated carbocycles. The Bertz CT molecular complexity index is 404. The van der Waals surface area contributed by atoms with Gasteiger partial charge in [0.15, 0.2) is 0 Å². The number of esters is 1. The molecule has 0 aromatic rings. The fraction of sp³-hybridized carbons (Fsp3) is 0.882. The molecule has 1 saturated heterocycles. The molecule has 1 amide bonds. The van der Waals surface area contributed by atoms with Gasteiger partial charge in [-0.2, -0.15) is 0 Å². The summed E-state index contributed by atoms with van der Waals surface area (Å²) in [6.07, 6.45) is 1.56. The van der Waals surface area contributed by atoms with Crippen molar-refractivity contribution in [2.24, 2.45) is 0 Å². The van der Waals surface area contributed by atoms with Crippen LogP contribution >= 0.6 is 0 Å². The zero-order valence-electron chi connectivity index (χ0n) is 15.3. The van der Waals surface area contributed by atoms with E-state index in [0.717, 1.165) is 12.8 Å². The number of carbonyl (C=O) groups is 2. The third kappa shape index (κ3) is 7.20. The van der Waals surface area contributed by atoms with Gasteiger partial charge in [-0.1, -0.05) is 13.8 Å². The van der Waals surface area contributed by atoms with Crippen molar-refractivity contribution in [1.29, 1.82) is 0 Å². The first kappa shape index (κ1) is 19.7. The Hall–Kier alpha value is -1.30. The molecule has 23 heavy (non-hydrogen) atoms. The van der Waals surface area contributed by atoms with E-state index in [2.05, 4.69) is 19.2 Å². The van der Waals surface area contributed by atoms with Crippen molar-refractivity contribution in [3.05, 3.63) is 0 Å².